The standard InChI is InChI=1S/C22H27N3O5/c1-14(19(27)23-17-10-6-8-15-7-2-3-9-16(15)17)30-18(26)13-25-20(28)22(24-21(25)29)11-4-5-12-22/h2-3,7,9,14,17H,4-6,8,10-13H2,1H3,(H,23,27)(H,24,29)/t14-,17-/m1/s1. The van der Waals surface area contributed by atoms with Gasteiger partial charge in [-0.15, -0.1) is 0 Å². The zero-order valence-corrected chi connectivity index (χ0v) is 17.1. The highest BCUT2D eigenvalue weighted by molar-refractivity contribution is 6.08. The first kappa shape index (κ1) is 20.4. The predicted molar refractivity (Wildman–Crippen MR) is 107 cm³/mol. The number of benzene rings is 1. The van der Waals surface area contributed by atoms with Gasteiger partial charge in [0.25, 0.3) is 11.8 Å². The van der Waals surface area contributed by atoms with Crippen LogP contribution >= 0.6 is 0 Å². The Balaban J connectivity index is 1.32. The molecule has 1 aliphatic heterocycles. The van der Waals surface area contributed by atoms with Gasteiger partial charge in [-0.25, -0.2) is 4.79 Å². The number of esters is 1. The van der Waals surface area contributed by atoms with Crippen molar-refractivity contribution in [3.63, 3.8) is 0 Å². The fourth-order valence-corrected chi connectivity index (χ4v) is 4.75. The highest BCUT2D eigenvalue weighted by atomic mass is 16.5. The molecule has 0 bridgehead atoms. The molecule has 160 valence electrons. The Morgan fingerprint density at radius 2 is 1.97 bits per heavy atom. The largest absolute Gasteiger partial charge is 0.451 e. The Hall–Kier alpha value is -2.90. The third-order valence-electron chi connectivity index (χ3n) is 6.35. The number of imide groups is 1. The molecule has 1 aromatic carbocycles. The van der Waals surface area contributed by atoms with Gasteiger partial charge in [-0.05, 0) is 50.2 Å². The molecular formula is C22H27N3O5. The Labute approximate surface area is 175 Å². The van der Waals surface area contributed by atoms with Gasteiger partial charge in [-0.1, -0.05) is 37.1 Å². The number of hydrogen-bond acceptors (Lipinski definition) is 5. The van der Waals surface area contributed by atoms with Crippen molar-refractivity contribution < 1.29 is 23.9 Å². The minimum Gasteiger partial charge on any atom is -0.451 e. The fourth-order valence-electron chi connectivity index (χ4n) is 4.75. The predicted octanol–water partition coefficient (Wildman–Crippen LogP) is 1.98. The topological polar surface area (TPSA) is 105 Å². The SMILES string of the molecule is C[C@@H](OC(=O)CN1C(=O)NC2(CCCC2)C1=O)C(=O)N[C@@H]1CCCc2ccccc21. The van der Waals surface area contributed by atoms with Gasteiger partial charge in [-0.3, -0.25) is 19.3 Å². The molecule has 3 aliphatic rings. The average Bonchev–Trinajstić information content (AvgIpc) is 3.29. The van der Waals surface area contributed by atoms with Gasteiger partial charge in [0, 0.05) is 0 Å². The van der Waals surface area contributed by atoms with Gasteiger partial charge in [0.15, 0.2) is 6.10 Å². The van der Waals surface area contributed by atoms with E-state index in [1.165, 1.54) is 12.5 Å². The van der Waals surface area contributed by atoms with Crippen molar-refractivity contribution in [1.29, 1.82) is 0 Å². The second kappa shape index (κ2) is 8.08. The third kappa shape index (κ3) is 3.78. The van der Waals surface area contributed by atoms with Crippen LogP contribution in [0.5, 0.6) is 0 Å². The first-order valence-electron chi connectivity index (χ1n) is 10.6. The summed E-state index contributed by atoms with van der Waals surface area (Å²) in [5, 5.41) is 5.68. The summed E-state index contributed by atoms with van der Waals surface area (Å²) in [7, 11) is 0. The lowest BCUT2D eigenvalue weighted by molar-refractivity contribution is -0.157. The molecule has 0 radical (unpaired) electrons. The number of carbonyl (C=O) groups excluding carboxylic acids is 4. The van der Waals surface area contributed by atoms with E-state index in [2.05, 4.69) is 16.7 Å². The molecule has 1 aromatic rings. The zero-order chi connectivity index (χ0) is 21.3. The molecule has 2 aliphatic carbocycles. The van der Waals surface area contributed by atoms with Crippen LogP contribution in [-0.2, 0) is 25.5 Å². The Morgan fingerprint density at radius 1 is 1.23 bits per heavy atom. The van der Waals surface area contributed by atoms with E-state index in [1.807, 2.05) is 18.2 Å². The van der Waals surface area contributed by atoms with Gasteiger partial charge in [0.1, 0.15) is 12.1 Å². The van der Waals surface area contributed by atoms with Crippen molar-refractivity contribution in [3.8, 4) is 0 Å². The number of rotatable bonds is 5. The Bertz CT molecular complexity index is 877. The molecule has 1 heterocycles. The van der Waals surface area contributed by atoms with E-state index in [4.69, 9.17) is 4.74 Å². The molecule has 30 heavy (non-hydrogen) atoms. The number of nitrogens with one attached hydrogen (secondary N) is 2. The van der Waals surface area contributed by atoms with Crippen molar-refractivity contribution in [3.05, 3.63) is 35.4 Å². The van der Waals surface area contributed by atoms with E-state index in [0.29, 0.717) is 12.8 Å². The molecule has 0 unspecified atom stereocenters. The van der Waals surface area contributed by atoms with E-state index in [-0.39, 0.29) is 11.9 Å². The van der Waals surface area contributed by atoms with Gasteiger partial charge >= 0.3 is 12.0 Å². The van der Waals surface area contributed by atoms with Crippen molar-refractivity contribution in [2.24, 2.45) is 0 Å². The minimum absolute atomic E-state index is 0.114. The van der Waals surface area contributed by atoms with Crippen LogP contribution in [0, 0.1) is 0 Å². The second-order valence-electron chi connectivity index (χ2n) is 8.39. The Kier molecular flexibility index (Phi) is 5.49. The molecule has 8 nitrogen and oxygen atoms in total. The van der Waals surface area contributed by atoms with Crippen LogP contribution in [0.4, 0.5) is 4.79 Å². The summed E-state index contributed by atoms with van der Waals surface area (Å²) in [6, 6.07) is 7.31. The van der Waals surface area contributed by atoms with Crippen LogP contribution in [-0.4, -0.2) is 46.9 Å². The number of carbonyl (C=O) groups is 4. The van der Waals surface area contributed by atoms with E-state index < -0.39 is 36.1 Å². The lowest BCUT2D eigenvalue weighted by atomic mass is 9.87. The average molecular weight is 413 g/mol. The summed E-state index contributed by atoms with van der Waals surface area (Å²) in [5.41, 5.74) is 1.45. The summed E-state index contributed by atoms with van der Waals surface area (Å²) < 4.78 is 5.23. The minimum atomic E-state index is -1.02. The molecule has 2 N–H and O–H groups in total. The zero-order valence-electron chi connectivity index (χ0n) is 17.1. The molecule has 1 spiro atoms. The molecule has 8 heteroatoms. The van der Waals surface area contributed by atoms with E-state index in [0.717, 1.165) is 42.6 Å². The fraction of sp³-hybridized carbons (Fsp3) is 0.545. The first-order valence-corrected chi connectivity index (χ1v) is 10.6. The molecule has 0 aromatic heterocycles. The number of hydrogen-bond donors (Lipinski definition) is 2. The number of aryl methyl sites for hydroxylation is 1. The van der Waals surface area contributed by atoms with Gasteiger partial charge in [0.05, 0.1) is 6.04 Å². The quantitative estimate of drug-likeness (QED) is 0.567. The number of ether oxygens (including phenoxy) is 1. The van der Waals surface area contributed by atoms with Crippen LogP contribution in [0.15, 0.2) is 24.3 Å². The maximum absolute atomic E-state index is 12.6. The van der Waals surface area contributed by atoms with Crippen molar-refractivity contribution in [2.45, 2.75) is 69.6 Å². The maximum Gasteiger partial charge on any atom is 0.327 e. The number of nitrogens with zero attached hydrogens (tertiary/aromatic N) is 1. The maximum atomic E-state index is 12.6. The first-order chi connectivity index (χ1) is 14.4. The highest BCUT2D eigenvalue weighted by Crippen LogP contribution is 2.35. The van der Waals surface area contributed by atoms with Gasteiger partial charge in [-0.2, -0.15) is 0 Å². The second-order valence-corrected chi connectivity index (χ2v) is 8.39. The third-order valence-corrected chi connectivity index (χ3v) is 6.35. The van der Waals surface area contributed by atoms with Crippen molar-refractivity contribution in [1.82, 2.24) is 15.5 Å². The van der Waals surface area contributed by atoms with Crippen LogP contribution in [0.2, 0.25) is 0 Å². The van der Waals surface area contributed by atoms with Crippen LogP contribution in [0.25, 0.3) is 0 Å². The van der Waals surface area contributed by atoms with Crippen LogP contribution in [0.1, 0.15) is 62.6 Å². The normalized spacial score (nSPS) is 23.1. The summed E-state index contributed by atoms with van der Waals surface area (Å²) in [5.74, 6) is -1.55. The molecule has 4 rings (SSSR count). The molecule has 4 amide bonds. The Morgan fingerprint density at radius 3 is 2.73 bits per heavy atom. The van der Waals surface area contributed by atoms with Crippen molar-refractivity contribution in [2.75, 3.05) is 6.54 Å². The van der Waals surface area contributed by atoms with Crippen LogP contribution < -0.4 is 10.6 Å². The summed E-state index contributed by atoms with van der Waals surface area (Å²) in [6.45, 7) is 1.00. The van der Waals surface area contributed by atoms with Gasteiger partial charge < -0.3 is 15.4 Å². The number of urea groups is 1. The smallest absolute Gasteiger partial charge is 0.327 e. The van der Waals surface area contributed by atoms with E-state index in [1.54, 1.807) is 0 Å². The molecule has 2 fully saturated rings. The van der Waals surface area contributed by atoms with Gasteiger partial charge in [0.2, 0.25) is 0 Å². The monoisotopic (exact) mass is 413 g/mol. The van der Waals surface area contributed by atoms with Crippen LogP contribution in [0.3, 0.4) is 0 Å². The van der Waals surface area contributed by atoms with Crippen molar-refractivity contribution >= 4 is 23.8 Å². The van der Waals surface area contributed by atoms with E-state index >= 15 is 0 Å². The number of fused-ring (bicyclic) bond motifs is 1. The lowest BCUT2D eigenvalue weighted by Crippen LogP contribution is -2.45. The molecule has 2 atom stereocenters. The highest BCUT2D eigenvalue weighted by Gasteiger charge is 2.52. The summed E-state index contributed by atoms with van der Waals surface area (Å²) in [4.78, 5) is 50.6. The molecule has 1 saturated heterocycles. The molecular weight excluding hydrogens is 386 g/mol. The molecule has 1 saturated carbocycles. The van der Waals surface area contributed by atoms with E-state index in [9.17, 15) is 19.2 Å². The summed E-state index contributed by atoms with van der Waals surface area (Å²) >= 11 is 0. The number of amides is 4. The summed E-state index contributed by atoms with van der Waals surface area (Å²) in [6.07, 6.45) is 4.68. The lowest BCUT2D eigenvalue weighted by Gasteiger charge is -2.27.